The Hall–Kier alpha value is -2.73. The zero-order chi connectivity index (χ0) is 26.9. The van der Waals surface area contributed by atoms with Gasteiger partial charge in [0.25, 0.3) is 0 Å². The first kappa shape index (κ1) is 31.3. The number of nitrogens with zero attached hydrogens (tertiary/aromatic N) is 2. The van der Waals surface area contributed by atoms with Crippen LogP contribution < -0.4 is 15.8 Å². The molecule has 0 bridgehead atoms. The molecule has 3 rings (SSSR count). The summed E-state index contributed by atoms with van der Waals surface area (Å²) < 4.78 is 30.2. The largest absolute Gasteiger partial charge is 0.382 e. The molecule has 0 amide bonds. The number of nitrogens with one attached hydrogen (secondary N) is 2. The Morgan fingerprint density at radius 2 is 1.92 bits per heavy atom. The van der Waals surface area contributed by atoms with Crippen molar-refractivity contribution in [3.8, 4) is 0 Å². The molecular weight excluding hydrogens is 521 g/mol. The molecule has 6 nitrogen and oxygen atoms in total. The Morgan fingerprint density at radius 1 is 1.22 bits per heavy atom. The van der Waals surface area contributed by atoms with E-state index in [4.69, 9.17) is 5.73 Å². The van der Waals surface area contributed by atoms with Gasteiger partial charge in [0.15, 0.2) is 5.13 Å². The summed E-state index contributed by atoms with van der Waals surface area (Å²) >= 11 is 6.87. The molecule has 0 unspecified atom stereocenters. The number of nitrogens with two attached hydrogens (primary N) is 1. The van der Waals surface area contributed by atoms with Gasteiger partial charge in [-0.05, 0) is 43.0 Å². The van der Waals surface area contributed by atoms with E-state index < -0.39 is 23.0 Å². The van der Waals surface area contributed by atoms with E-state index in [1.165, 1.54) is 6.07 Å². The summed E-state index contributed by atoms with van der Waals surface area (Å²) in [7, 11) is 0. The summed E-state index contributed by atoms with van der Waals surface area (Å²) in [5, 5.41) is 3.44. The molecule has 3 aromatic rings. The first-order valence-corrected chi connectivity index (χ1v) is 13.5. The van der Waals surface area contributed by atoms with Gasteiger partial charge in [0.2, 0.25) is 5.78 Å². The maximum Gasteiger partial charge on any atom is 0.212 e. The van der Waals surface area contributed by atoms with Crippen LogP contribution >= 0.6 is 35.9 Å². The molecule has 0 radical (unpaired) electrons. The lowest BCUT2D eigenvalue weighted by Crippen LogP contribution is -2.07. The maximum absolute atomic E-state index is 13.6. The normalized spacial score (nSPS) is 10.4. The number of hydrogen-bond acceptors (Lipinski definition) is 9. The average Bonchev–Trinajstić information content (AvgIpc) is 3.25. The third-order valence-corrected chi connectivity index (χ3v) is 6.05. The number of rotatable bonds is 9. The van der Waals surface area contributed by atoms with Gasteiger partial charge >= 0.3 is 0 Å². The summed E-state index contributed by atoms with van der Waals surface area (Å²) in [4.78, 5) is 21.1. The van der Waals surface area contributed by atoms with Crippen molar-refractivity contribution in [3.63, 3.8) is 0 Å². The van der Waals surface area contributed by atoms with Gasteiger partial charge in [0.05, 0.1) is 11.3 Å². The van der Waals surface area contributed by atoms with Crippen molar-refractivity contribution in [2.24, 2.45) is 0 Å². The Kier molecular flexibility index (Phi) is 15.4. The molecule has 11 heteroatoms. The monoisotopic (exact) mass is 551 g/mol. The molecule has 4 N–H and O–H groups in total. The van der Waals surface area contributed by atoms with Crippen molar-refractivity contribution >= 4 is 57.6 Å². The minimum absolute atomic E-state index is 0.0266. The molecule has 0 aliphatic heterocycles. The molecule has 194 valence electrons. The van der Waals surface area contributed by atoms with Crippen LogP contribution in [0.25, 0.3) is 4.91 Å². The molecule has 1 aromatic carbocycles. The van der Waals surface area contributed by atoms with E-state index in [2.05, 4.69) is 46.1 Å². The molecule has 0 fully saturated rings. The Labute approximate surface area is 225 Å². The molecule has 0 saturated heterocycles. The number of pyridine rings is 1. The van der Waals surface area contributed by atoms with E-state index >= 15 is 0 Å². The summed E-state index contributed by atoms with van der Waals surface area (Å²) in [6.45, 7) is 9.36. The highest BCUT2D eigenvalue weighted by atomic mass is 32.2. The number of ketones is 1. The minimum Gasteiger partial charge on any atom is -0.382 e. The van der Waals surface area contributed by atoms with Gasteiger partial charge in [-0.1, -0.05) is 61.9 Å². The lowest BCUT2D eigenvalue weighted by atomic mass is 10.1. The lowest BCUT2D eigenvalue weighted by Gasteiger charge is -2.02. The number of halogens is 2. The molecule has 0 spiro atoms. The second-order valence-electron chi connectivity index (χ2n) is 6.79. The third kappa shape index (κ3) is 10.5. The first-order valence-electron chi connectivity index (χ1n) is 11.0. The predicted molar refractivity (Wildman–Crippen MR) is 154 cm³/mol. The van der Waals surface area contributed by atoms with Crippen molar-refractivity contribution in [1.29, 1.82) is 0 Å². The highest BCUT2D eigenvalue weighted by molar-refractivity contribution is 7.96. The number of anilines is 2. The quantitative estimate of drug-likeness (QED) is 0.105. The topological polar surface area (TPSA) is 92.9 Å². The van der Waals surface area contributed by atoms with E-state index in [1.54, 1.807) is 24.2 Å². The summed E-state index contributed by atoms with van der Waals surface area (Å²) in [5.41, 5.74) is 5.91. The van der Waals surface area contributed by atoms with Gasteiger partial charge in [-0.2, -0.15) is 0 Å². The smallest absolute Gasteiger partial charge is 0.212 e. The second-order valence-corrected chi connectivity index (χ2v) is 8.97. The van der Waals surface area contributed by atoms with Crippen LogP contribution in [0.1, 0.15) is 41.2 Å². The number of nitrogen functional groups attached to an aromatic ring is 1. The molecule has 0 aliphatic carbocycles. The van der Waals surface area contributed by atoms with Crippen molar-refractivity contribution in [2.75, 3.05) is 30.4 Å². The SMILES string of the molecule is C=C/C=C(\S)c1ccccn1.CCCNc1nc(N)c(C(=O)c2c(F)cccc2F)s1.CCNSC. The third-order valence-electron chi connectivity index (χ3n) is 4.07. The van der Waals surface area contributed by atoms with Gasteiger partial charge in [0.1, 0.15) is 22.3 Å². The van der Waals surface area contributed by atoms with E-state index in [9.17, 15) is 13.6 Å². The van der Waals surface area contributed by atoms with Gasteiger partial charge in [0, 0.05) is 24.2 Å². The van der Waals surface area contributed by atoms with Crippen molar-refractivity contribution in [3.05, 3.63) is 89.1 Å². The van der Waals surface area contributed by atoms with Crippen LogP contribution in [0, 0.1) is 11.6 Å². The zero-order valence-electron chi connectivity index (χ0n) is 20.4. The molecule has 2 aromatic heterocycles. The standard InChI is InChI=1S/C13H13F2N3OS.C9H9NS.C3H9NS/c1-2-6-17-13-18-12(16)11(20-13)10(19)9-7(14)4-3-5-8(9)15;1-2-5-9(11)8-6-3-4-7-10-8;1-3-4-5-2/h3-5H,2,6,16H2,1H3,(H,17,18);2-7,11H,1H2;4H,3H2,1-2H3/b;9-5-;. The fraction of sp³-hybridized carbons (Fsp3) is 0.240. The van der Waals surface area contributed by atoms with Gasteiger partial charge in [-0.25, -0.2) is 13.8 Å². The predicted octanol–water partition coefficient (Wildman–Crippen LogP) is 6.47. The van der Waals surface area contributed by atoms with Crippen molar-refractivity contribution in [2.45, 2.75) is 20.3 Å². The van der Waals surface area contributed by atoms with E-state index in [-0.39, 0.29) is 10.7 Å². The average molecular weight is 552 g/mol. The highest BCUT2D eigenvalue weighted by Gasteiger charge is 2.23. The number of allylic oxidation sites excluding steroid dienone is 2. The number of hydrogen-bond donors (Lipinski definition) is 4. The van der Waals surface area contributed by atoms with Crippen LogP contribution in [0.2, 0.25) is 0 Å². The van der Waals surface area contributed by atoms with E-state index in [0.717, 1.165) is 47.0 Å². The molecule has 0 saturated carbocycles. The zero-order valence-corrected chi connectivity index (χ0v) is 23.0. The summed E-state index contributed by atoms with van der Waals surface area (Å²) in [5.74, 6) is -2.64. The minimum atomic E-state index is -0.911. The second kappa shape index (κ2) is 17.7. The van der Waals surface area contributed by atoms with Crippen molar-refractivity contribution < 1.29 is 13.6 Å². The molecule has 36 heavy (non-hydrogen) atoms. The molecule has 0 aliphatic rings. The number of aromatic nitrogens is 2. The number of thiol groups is 1. The molecule has 2 heterocycles. The molecular formula is C25H31F2N5OS3. The summed E-state index contributed by atoms with van der Waals surface area (Å²) in [6.07, 6.45) is 8.14. The maximum atomic E-state index is 13.6. The Balaban J connectivity index is 0.000000339. The van der Waals surface area contributed by atoms with Crippen LogP contribution in [-0.2, 0) is 0 Å². The fourth-order valence-corrected chi connectivity index (χ4v) is 3.87. The van der Waals surface area contributed by atoms with Crippen LogP contribution in [0.3, 0.4) is 0 Å². The van der Waals surface area contributed by atoms with E-state index in [1.807, 2.05) is 37.5 Å². The number of carbonyl (C=O) groups excluding carboxylic acids is 1. The lowest BCUT2D eigenvalue weighted by molar-refractivity contribution is 0.103. The van der Waals surface area contributed by atoms with E-state index in [0.29, 0.717) is 11.7 Å². The Bertz CT molecular complexity index is 1100. The van der Waals surface area contributed by atoms with Crippen LogP contribution in [-0.4, -0.2) is 35.1 Å². The number of thiazole rings is 1. The first-order chi connectivity index (χ1) is 17.3. The highest BCUT2D eigenvalue weighted by Crippen LogP contribution is 2.29. The Morgan fingerprint density at radius 3 is 2.42 bits per heavy atom. The van der Waals surface area contributed by atoms with Crippen LogP contribution in [0.15, 0.2) is 61.3 Å². The van der Waals surface area contributed by atoms with Crippen LogP contribution in [0.4, 0.5) is 19.7 Å². The molecule has 0 atom stereocenters. The fourth-order valence-electron chi connectivity index (χ4n) is 2.49. The van der Waals surface area contributed by atoms with Gasteiger partial charge in [-0.15, -0.1) is 12.6 Å². The summed E-state index contributed by atoms with van der Waals surface area (Å²) in [6, 6.07) is 8.97. The van der Waals surface area contributed by atoms with Gasteiger partial charge < -0.3 is 11.1 Å². The number of carbonyl (C=O) groups is 1. The van der Waals surface area contributed by atoms with Crippen LogP contribution in [0.5, 0.6) is 0 Å². The van der Waals surface area contributed by atoms with Crippen molar-refractivity contribution in [1.82, 2.24) is 14.7 Å². The van der Waals surface area contributed by atoms with Gasteiger partial charge in [-0.3, -0.25) is 14.5 Å². The number of benzene rings is 1.